The number of methoxy groups -OCH3 is 2. The van der Waals surface area contributed by atoms with Crippen LogP contribution in [0.3, 0.4) is 0 Å². The Hall–Kier alpha value is -1.74. The van der Waals surface area contributed by atoms with Crippen LogP contribution in [-0.4, -0.2) is 32.4 Å². The first-order valence-corrected chi connectivity index (χ1v) is 8.76. The van der Waals surface area contributed by atoms with E-state index in [1.807, 2.05) is 6.92 Å². The lowest BCUT2D eigenvalue weighted by Crippen LogP contribution is -2.18. The first kappa shape index (κ1) is 18.1. The number of hydrogen-bond donors (Lipinski definition) is 1. The lowest BCUT2D eigenvalue weighted by molar-refractivity contribution is -0.0442. The Morgan fingerprint density at radius 2 is 1.96 bits per heavy atom. The lowest BCUT2D eigenvalue weighted by atomic mass is 10.1. The summed E-state index contributed by atoms with van der Waals surface area (Å²) in [6, 6.07) is 2.79. The minimum Gasteiger partial charge on any atom is -0.493 e. The Morgan fingerprint density at radius 1 is 1.28 bits per heavy atom. The molecule has 0 unspecified atom stereocenters. The first-order chi connectivity index (χ1) is 12.1. The van der Waals surface area contributed by atoms with Gasteiger partial charge in [-0.3, -0.25) is 0 Å². The average molecular weight is 368 g/mol. The van der Waals surface area contributed by atoms with E-state index in [0.29, 0.717) is 36.8 Å². The fraction of sp³-hybridized carbons (Fsp3) is 0.471. The van der Waals surface area contributed by atoms with Gasteiger partial charge in [0.15, 0.2) is 11.5 Å². The van der Waals surface area contributed by atoms with Crippen LogP contribution in [0, 0.1) is 5.82 Å². The molecule has 2 aromatic rings. The van der Waals surface area contributed by atoms with Crippen LogP contribution in [0.5, 0.6) is 11.5 Å². The molecule has 25 heavy (non-hydrogen) atoms. The maximum Gasteiger partial charge on any atom is 0.211 e. The zero-order valence-corrected chi connectivity index (χ0v) is 15.2. The Bertz CT molecular complexity index is 719. The molecular weight excluding hydrogens is 347 g/mol. The van der Waals surface area contributed by atoms with Crippen LogP contribution in [-0.2, 0) is 16.0 Å². The molecule has 0 radical (unpaired) electrons. The van der Waals surface area contributed by atoms with E-state index < -0.39 is 0 Å². The van der Waals surface area contributed by atoms with Crippen molar-refractivity contribution < 1.29 is 23.3 Å². The van der Waals surface area contributed by atoms with Gasteiger partial charge in [0.1, 0.15) is 10.8 Å². The minimum absolute atomic E-state index is 0.204. The molecule has 0 aliphatic carbocycles. The molecule has 0 bridgehead atoms. The van der Waals surface area contributed by atoms with Crippen LogP contribution in [0.4, 0.5) is 4.39 Å². The molecule has 0 saturated carbocycles. The molecular formula is C17H21FN2O4S. The molecule has 1 N–H and O–H groups in total. The highest BCUT2D eigenvalue weighted by Gasteiger charge is 2.22. The van der Waals surface area contributed by atoms with Crippen molar-refractivity contribution in [1.82, 2.24) is 10.3 Å². The zero-order chi connectivity index (χ0) is 17.8. The number of benzene rings is 1. The van der Waals surface area contributed by atoms with Gasteiger partial charge in [-0.15, -0.1) is 11.3 Å². The van der Waals surface area contributed by atoms with Crippen molar-refractivity contribution >= 4 is 11.3 Å². The van der Waals surface area contributed by atoms with Gasteiger partial charge < -0.3 is 24.3 Å². The fourth-order valence-electron chi connectivity index (χ4n) is 2.58. The summed E-state index contributed by atoms with van der Waals surface area (Å²) in [5.41, 5.74) is 0.518. The van der Waals surface area contributed by atoms with Crippen LogP contribution in [0.2, 0.25) is 0 Å². The van der Waals surface area contributed by atoms with Gasteiger partial charge in [0.2, 0.25) is 6.29 Å². The SMILES string of the molecule is COc1cc(F)c([C@H](C)NCc2cnc(C3OCCO3)s2)cc1OC. The highest BCUT2D eigenvalue weighted by atomic mass is 32.1. The number of hydrogen-bond acceptors (Lipinski definition) is 7. The quantitative estimate of drug-likeness (QED) is 0.810. The fourth-order valence-corrected chi connectivity index (χ4v) is 3.45. The highest BCUT2D eigenvalue weighted by Crippen LogP contribution is 2.33. The Kier molecular flexibility index (Phi) is 5.85. The van der Waals surface area contributed by atoms with E-state index in [-0.39, 0.29) is 18.1 Å². The molecule has 1 saturated heterocycles. The zero-order valence-electron chi connectivity index (χ0n) is 14.4. The highest BCUT2D eigenvalue weighted by molar-refractivity contribution is 7.11. The molecule has 136 valence electrons. The molecule has 0 amide bonds. The first-order valence-electron chi connectivity index (χ1n) is 7.95. The van der Waals surface area contributed by atoms with Gasteiger partial charge in [0.05, 0.1) is 27.4 Å². The third kappa shape index (κ3) is 4.09. The molecule has 2 heterocycles. The summed E-state index contributed by atoms with van der Waals surface area (Å²) in [5, 5.41) is 4.11. The van der Waals surface area contributed by atoms with Crippen molar-refractivity contribution in [2.75, 3.05) is 27.4 Å². The van der Waals surface area contributed by atoms with Crippen LogP contribution in [0.15, 0.2) is 18.3 Å². The Labute approximate surface area is 149 Å². The largest absolute Gasteiger partial charge is 0.493 e. The third-order valence-electron chi connectivity index (χ3n) is 3.95. The van der Waals surface area contributed by atoms with E-state index in [0.717, 1.165) is 9.88 Å². The van der Waals surface area contributed by atoms with E-state index in [1.165, 1.54) is 31.6 Å². The molecule has 6 nitrogen and oxygen atoms in total. The summed E-state index contributed by atoms with van der Waals surface area (Å²) in [4.78, 5) is 5.36. The standard InChI is InChI=1S/C17H21FN2O4S/c1-10(12-6-14(21-2)15(22-3)7-13(12)18)19-8-11-9-20-16(25-11)17-23-4-5-24-17/h6-7,9-10,17,19H,4-5,8H2,1-3H3/t10-/m0/s1. The lowest BCUT2D eigenvalue weighted by Gasteiger charge is -2.17. The number of aromatic nitrogens is 1. The number of halogens is 1. The van der Waals surface area contributed by atoms with Gasteiger partial charge >= 0.3 is 0 Å². The second-order valence-corrected chi connectivity index (χ2v) is 6.72. The van der Waals surface area contributed by atoms with Gasteiger partial charge in [-0.05, 0) is 13.0 Å². The van der Waals surface area contributed by atoms with Gasteiger partial charge in [0.25, 0.3) is 0 Å². The topological polar surface area (TPSA) is 61.8 Å². The number of nitrogens with one attached hydrogen (secondary N) is 1. The Balaban J connectivity index is 1.65. The predicted molar refractivity (Wildman–Crippen MR) is 91.5 cm³/mol. The predicted octanol–water partition coefficient (Wildman–Crippen LogP) is 3.20. The molecule has 0 spiro atoms. The van der Waals surface area contributed by atoms with Gasteiger partial charge in [-0.2, -0.15) is 0 Å². The number of nitrogens with zero attached hydrogens (tertiary/aromatic N) is 1. The monoisotopic (exact) mass is 368 g/mol. The summed E-state index contributed by atoms with van der Waals surface area (Å²) in [7, 11) is 3.02. The molecule has 1 aliphatic rings. The van der Waals surface area contributed by atoms with E-state index in [9.17, 15) is 4.39 Å². The summed E-state index contributed by atoms with van der Waals surface area (Å²) in [6.45, 7) is 3.65. The van der Waals surface area contributed by atoms with Crippen molar-refractivity contribution in [3.8, 4) is 11.5 Å². The summed E-state index contributed by atoms with van der Waals surface area (Å²) < 4.78 is 35.6. The Morgan fingerprint density at radius 3 is 2.64 bits per heavy atom. The molecule has 3 rings (SSSR count). The molecule has 1 fully saturated rings. The van der Waals surface area contributed by atoms with E-state index >= 15 is 0 Å². The normalized spacial score (nSPS) is 16.2. The molecule has 1 atom stereocenters. The van der Waals surface area contributed by atoms with Crippen molar-refractivity contribution in [1.29, 1.82) is 0 Å². The summed E-state index contributed by atoms with van der Waals surface area (Å²) in [6.07, 6.45) is 1.43. The second kappa shape index (κ2) is 8.09. The smallest absolute Gasteiger partial charge is 0.211 e. The van der Waals surface area contributed by atoms with Gasteiger partial charge in [0, 0.05) is 35.3 Å². The average Bonchev–Trinajstić information content (AvgIpc) is 3.30. The van der Waals surface area contributed by atoms with Gasteiger partial charge in [-0.25, -0.2) is 9.37 Å². The molecule has 8 heteroatoms. The molecule has 1 aromatic heterocycles. The van der Waals surface area contributed by atoms with Crippen LogP contribution >= 0.6 is 11.3 Å². The van der Waals surface area contributed by atoms with Crippen molar-refractivity contribution in [3.05, 3.63) is 39.6 Å². The van der Waals surface area contributed by atoms with E-state index in [4.69, 9.17) is 18.9 Å². The van der Waals surface area contributed by atoms with Crippen molar-refractivity contribution in [3.63, 3.8) is 0 Å². The summed E-state index contributed by atoms with van der Waals surface area (Å²) in [5.74, 6) is 0.540. The van der Waals surface area contributed by atoms with Crippen LogP contribution in [0.1, 0.15) is 34.7 Å². The van der Waals surface area contributed by atoms with Crippen molar-refractivity contribution in [2.45, 2.75) is 25.8 Å². The van der Waals surface area contributed by atoms with Gasteiger partial charge in [-0.1, -0.05) is 0 Å². The number of thiazole rings is 1. The summed E-state index contributed by atoms with van der Waals surface area (Å²) >= 11 is 1.52. The number of rotatable bonds is 7. The molecule has 1 aliphatic heterocycles. The van der Waals surface area contributed by atoms with Crippen LogP contribution < -0.4 is 14.8 Å². The number of ether oxygens (including phenoxy) is 4. The van der Waals surface area contributed by atoms with Crippen molar-refractivity contribution in [2.24, 2.45) is 0 Å². The minimum atomic E-state index is -0.362. The maximum absolute atomic E-state index is 14.3. The third-order valence-corrected chi connectivity index (χ3v) is 4.97. The van der Waals surface area contributed by atoms with E-state index in [1.54, 1.807) is 12.3 Å². The van der Waals surface area contributed by atoms with E-state index in [2.05, 4.69) is 10.3 Å². The molecule has 1 aromatic carbocycles. The maximum atomic E-state index is 14.3. The van der Waals surface area contributed by atoms with Crippen LogP contribution in [0.25, 0.3) is 0 Å². The second-order valence-electron chi connectivity index (χ2n) is 5.57.